The van der Waals surface area contributed by atoms with Crippen molar-refractivity contribution in [3.63, 3.8) is 0 Å². The summed E-state index contributed by atoms with van der Waals surface area (Å²) in [5.74, 6) is 1.55. The van der Waals surface area contributed by atoms with Crippen LogP contribution in [-0.2, 0) is 0 Å². The Morgan fingerprint density at radius 2 is 1.91 bits per heavy atom. The number of carbonyl (C=O) groups excluding carboxylic acids is 1. The van der Waals surface area contributed by atoms with Crippen molar-refractivity contribution in [1.82, 2.24) is 19.3 Å². The highest BCUT2D eigenvalue weighted by Gasteiger charge is 2.26. The molecule has 34 heavy (non-hydrogen) atoms. The lowest BCUT2D eigenvalue weighted by atomic mass is 10.2. The maximum atomic E-state index is 11.4. The molecule has 1 aliphatic heterocycles. The number of amides is 1. The molecule has 0 atom stereocenters. The molecule has 0 unspecified atom stereocenters. The van der Waals surface area contributed by atoms with E-state index in [4.69, 9.17) is 10.2 Å². The first-order valence-electron chi connectivity index (χ1n) is 11.7. The Bertz CT molecular complexity index is 1310. The first-order valence-corrected chi connectivity index (χ1v) is 11.7. The normalized spacial score (nSPS) is 16.8. The summed E-state index contributed by atoms with van der Waals surface area (Å²) in [7, 11) is 0. The maximum absolute atomic E-state index is 11.4. The summed E-state index contributed by atoms with van der Waals surface area (Å²) in [4.78, 5) is 25.5. The summed E-state index contributed by atoms with van der Waals surface area (Å²) < 4.78 is 7.40. The minimum absolute atomic E-state index is 0.315. The number of fused-ring (bicyclic) bond motifs is 1. The van der Waals surface area contributed by atoms with E-state index < -0.39 is 5.91 Å². The number of rotatable bonds is 7. The van der Waals surface area contributed by atoms with E-state index in [0.717, 1.165) is 37.8 Å². The Balaban J connectivity index is 1.16. The van der Waals surface area contributed by atoms with Crippen LogP contribution < -0.4 is 16.0 Å². The van der Waals surface area contributed by atoms with Gasteiger partial charge in [-0.25, -0.2) is 9.97 Å². The third-order valence-electron chi connectivity index (χ3n) is 6.65. The van der Waals surface area contributed by atoms with Crippen molar-refractivity contribution in [3.8, 4) is 11.5 Å². The summed E-state index contributed by atoms with van der Waals surface area (Å²) in [6, 6.07) is 10.1. The van der Waals surface area contributed by atoms with Crippen LogP contribution in [0.5, 0.6) is 0 Å². The second-order valence-electron chi connectivity index (χ2n) is 9.08. The number of aromatic nitrogens is 3. The number of anilines is 3. The standard InChI is InChI=1S/C25H27N7O2/c26-23(33)18-13-22(34-16-18)21-14-28-24(25-27-7-8-32(21)25)29-19-3-5-20(6-4-19)31-11-9-30(10-12-31)15-17-1-2-17/h3-8,13-14,16-17H,1-2,9-12,15H2,(H2,26,33)(H,28,29). The summed E-state index contributed by atoms with van der Waals surface area (Å²) >= 11 is 0. The van der Waals surface area contributed by atoms with E-state index in [0.29, 0.717) is 28.5 Å². The zero-order valence-electron chi connectivity index (χ0n) is 18.9. The second-order valence-corrected chi connectivity index (χ2v) is 9.08. The lowest BCUT2D eigenvalue weighted by Crippen LogP contribution is -2.47. The van der Waals surface area contributed by atoms with Gasteiger partial charge in [0.15, 0.2) is 17.2 Å². The summed E-state index contributed by atoms with van der Waals surface area (Å²) in [6.07, 6.45) is 9.40. The van der Waals surface area contributed by atoms with Gasteiger partial charge in [0.1, 0.15) is 12.0 Å². The zero-order valence-corrected chi connectivity index (χ0v) is 18.9. The van der Waals surface area contributed by atoms with Gasteiger partial charge in [0.2, 0.25) is 0 Å². The van der Waals surface area contributed by atoms with E-state index in [1.54, 1.807) is 18.5 Å². The van der Waals surface area contributed by atoms with Crippen molar-refractivity contribution in [1.29, 1.82) is 0 Å². The predicted octanol–water partition coefficient (Wildman–Crippen LogP) is 3.36. The van der Waals surface area contributed by atoms with Crippen LogP contribution in [-0.4, -0.2) is 57.9 Å². The number of imidazole rings is 1. The van der Waals surface area contributed by atoms with Gasteiger partial charge in [-0.3, -0.25) is 14.1 Å². The first kappa shape index (κ1) is 20.7. The van der Waals surface area contributed by atoms with Gasteiger partial charge in [-0.05, 0) is 49.1 Å². The minimum Gasteiger partial charge on any atom is -0.462 e. The third-order valence-corrected chi connectivity index (χ3v) is 6.65. The van der Waals surface area contributed by atoms with Crippen LogP contribution in [0.1, 0.15) is 23.2 Å². The quantitative estimate of drug-likeness (QED) is 0.438. The van der Waals surface area contributed by atoms with Crippen molar-refractivity contribution in [2.24, 2.45) is 11.7 Å². The molecule has 174 valence electrons. The fraction of sp³-hybridized carbons (Fsp3) is 0.320. The van der Waals surface area contributed by atoms with Crippen LogP contribution in [0.2, 0.25) is 0 Å². The second kappa shape index (κ2) is 8.49. The van der Waals surface area contributed by atoms with Crippen molar-refractivity contribution in [3.05, 3.63) is 60.7 Å². The maximum Gasteiger partial charge on any atom is 0.251 e. The SMILES string of the molecule is NC(=O)c1coc(-c2cnc(Nc3ccc(N4CCN(CC5CC5)CC4)cc3)c3nccn23)c1. The topological polar surface area (TPSA) is 105 Å². The molecule has 2 aliphatic rings. The number of benzene rings is 1. The lowest BCUT2D eigenvalue weighted by molar-refractivity contribution is 0.0999. The van der Waals surface area contributed by atoms with Crippen LogP contribution in [0.4, 0.5) is 17.2 Å². The molecular formula is C25H27N7O2. The highest BCUT2D eigenvalue weighted by molar-refractivity contribution is 5.93. The number of piperazine rings is 1. The molecule has 1 aromatic carbocycles. The Morgan fingerprint density at radius 3 is 2.62 bits per heavy atom. The van der Waals surface area contributed by atoms with Gasteiger partial charge in [0.05, 0.1) is 11.8 Å². The molecule has 1 aliphatic carbocycles. The van der Waals surface area contributed by atoms with Gasteiger partial charge in [-0.1, -0.05) is 0 Å². The number of nitrogens with zero attached hydrogens (tertiary/aromatic N) is 5. The van der Waals surface area contributed by atoms with Crippen molar-refractivity contribution >= 4 is 28.7 Å². The number of carbonyl (C=O) groups is 1. The number of hydrogen-bond acceptors (Lipinski definition) is 7. The summed E-state index contributed by atoms with van der Waals surface area (Å²) in [6.45, 7) is 5.70. The number of furan rings is 1. The van der Waals surface area contributed by atoms with Gasteiger partial charge in [-0.15, -0.1) is 0 Å². The minimum atomic E-state index is -0.535. The molecule has 9 heteroatoms. The molecule has 4 aromatic rings. The monoisotopic (exact) mass is 457 g/mol. The van der Waals surface area contributed by atoms with Crippen LogP contribution in [0, 0.1) is 5.92 Å². The molecule has 3 N–H and O–H groups in total. The average Bonchev–Trinajstić information content (AvgIpc) is 3.32. The fourth-order valence-electron chi connectivity index (χ4n) is 4.54. The Morgan fingerprint density at radius 1 is 1.12 bits per heavy atom. The predicted molar refractivity (Wildman–Crippen MR) is 130 cm³/mol. The van der Waals surface area contributed by atoms with Crippen molar-refractivity contribution in [2.75, 3.05) is 42.9 Å². The van der Waals surface area contributed by atoms with Crippen molar-refractivity contribution < 1.29 is 9.21 Å². The van der Waals surface area contributed by atoms with Crippen LogP contribution >= 0.6 is 0 Å². The summed E-state index contributed by atoms with van der Waals surface area (Å²) in [5.41, 5.74) is 9.18. The smallest absolute Gasteiger partial charge is 0.251 e. The molecule has 0 bridgehead atoms. The molecule has 0 spiro atoms. The zero-order chi connectivity index (χ0) is 23.1. The van der Waals surface area contributed by atoms with Crippen LogP contribution in [0.3, 0.4) is 0 Å². The van der Waals surface area contributed by atoms with E-state index in [-0.39, 0.29) is 0 Å². The van der Waals surface area contributed by atoms with E-state index in [2.05, 4.69) is 49.4 Å². The van der Waals surface area contributed by atoms with Gasteiger partial charge >= 0.3 is 0 Å². The van der Waals surface area contributed by atoms with Gasteiger partial charge in [0, 0.05) is 56.5 Å². The third kappa shape index (κ3) is 4.10. The Labute approximate surface area is 197 Å². The largest absolute Gasteiger partial charge is 0.462 e. The molecule has 2 fully saturated rings. The summed E-state index contributed by atoms with van der Waals surface area (Å²) in [5, 5.41) is 3.37. The Hall–Kier alpha value is -3.85. The molecular weight excluding hydrogens is 430 g/mol. The molecule has 6 rings (SSSR count). The van der Waals surface area contributed by atoms with Crippen LogP contribution in [0.25, 0.3) is 17.1 Å². The number of primary amides is 1. The lowest BCUT2D eigenvalue weighted by Gasteiger charge is -2.36. The first-order chi connectivity index (χ1) is 16.6. The Kier molecular flexibility index (Phi) is 5.18. The number of nitrogens with two attached hydrogens (primary N) is 1. The van der Waals surface area contributed by atoms with E-state index in [9.17, 15) is 4.79 Å². The molecule has 0 radical (unpaired) electrons. The van der Waals surface area contributed by atoms with E-state index in [1.807, 2.05) is 10.6 Å². The van der Waals surface area contributed by atoms with Crippen LogP contribution in [0.15, 0.2) is 59.6 Å². The molecule has 3 aromatic heterocycles. The highest BCUT2D eigenvalue weighted by Crippen LogP contribution is 2.31. The van der Waals surface area contributed by atoms with E-state index in [1.165, 1.54) is 31.3 Å². The molecule has 1 saturated heterocycles. The number of hydrogen-bond donors (Lipinski definition) is 2. The molecule has 9 nitrogen and oxygen atoms in total. The fourth-order valence-corrected chi connectivity index (χ4v) is 4.54. The molecule has 1 amide bonds. The van der Waals surface area contributed by atoms with Gasteiger partial charge < -0.3 is 20.4 Å². The average molecular weight is 458 g/mol. The van der Waals surface area contributed by atoms with E-state index >= 15 is 0 Å². The highest BCUT2D eigenvalue weighted by atomic mass is 16.3. The van der Waals surface area contributed by atoms with Crippen molar-refractivity contribution in [2.45, 2.75) is 12.8 Å². The molecule has 1 saturated carbocycles. The molecule has 4 heterocycles. The van der Waals surface area contributed by atoms with Gasteiger partial charge in [-0.2, -0.15) is 0 Å². The number of nitrogens with one attached hydrogen (secondary N) is 1. The van der Waals surface area contributed by atoms with Gasteiger partial charge in [0.25, 0.3) is 5.91 Å².